The van der Waals surface area contributed by atoms with Crippen molar-refractivity contribution >= 4 is 40.3 Å². The fourth-order valence-electron chi connectivity index (χ4n) is 3.63. The Bertz CT molecular complexity index is 1250. The molecule has 5 nitrogen and oxygen atoms in total. The zero-order valence-corrected chi connectivity index (χ0v) is 20.0. The number of hydrogen-bond donors (Lipinski definition) is 0. The first-order valence-corrected chi connectivity index (χ1v) is 11.6. The van der Waals surface area contributed by atoms with Gasteiger partial charge in [0.15, 0.2) is 16.7 Å². The van der Waals surface area contributed by atoms with E-state index in [9.17, 15) is 4.79 Å². The molecule has 0 unspecified atom stereocenters. The van der Waals surface area contributed by atoms with Crippen molar-refractivity contribution in [1.82, 2.24) is 0 Å². The van der Waals surface area contributed by atoms with Crippen LogP contribution in [0.4, 0.5) is 11.4 Å². The number of benzene rings is 3. The molecule has 1 heterocycles. The average Bonchev–Trinajstić information content (AvgIpc) is 3.08. The molecule has 1 saturated heterocycles. The van der Waals surface area contributed by atoms with E-state index in [-0.39, 0.29) is 5.91 Å². The van der Waals surface area contributed by atoms with Crippen LogP contribution in [0.5, 0.6) is 11.5 Å². The Morgan fingerprint density at radius 2 is 1.73 bits per heavy atom. The predicted octanol–water partition coefficient (Wildman–Crippen LogP) is 6.52. The average molecular weight is 459 g/mol. The van der Waals surface area contributed by atoms with Gasteiger partial charge in [-0.1, -0.05) is 36.4 Å². The number of carbonyl (C=O) groups is 1. The van der Waals surface area contributed by atoms with Crippen molar-refractivity contribution < 1.29 is 14.3 Å². The van der Waals surface area contributed by atoms with E-state index >= 15 is 0 Å². The molecule has 0 radical (unpaired) electrons. The Morgan fingerprint density at radius 1 is 1.00 bits per heavy atom. The summed E-state index contributed by atoms with van der Waals surface area (Å²) in [6.07, 6.45) is 1.84. The molecule has 0 aromatic heterocycles. The van der Waals surface area contributed by atoms with Gasteiger partial charge in [-0.15, -0.1) is 0 Å². The number of ether oxygens (including phenoxy) is 2. The van der Waals surface area contributed by atoms with Gasteiger partial charge in [0.05, 0.1) is 30.0 Å². The third kappa shape index (κ3) is 4.96. The highest BCUT2D eigenvalue weighted by Crippen LogP contribution is 2.40. The van der Waals surface area contributed by atoms with Crippen LogP contribution in [0.2, 0.25) is 0 Å². The number of carbonyl (C=O) groups excluding carboxylic acids is 1. The van der Waals surface area contributed by atoms with Gasteiger partial charge in [-0.2, -0.15) is 0 Å². The summed E-state index contributed by atoms with van der Waals surface area (Å²) in [6, 6.07) is 21.5. The quantitative estimate of drug-likeness (QED) is 0.395. The molecule has 33 heavy (non-hydrogen) atoms. The lowest BCUT2D eigenvalue weighted by atomic mass is 10.1. The molecule has 1 aliphatic heterocycles. The van der Waals surface area contributed by atoms with E-state index in [1.54, 1.807) is 12.0 Å². The summed E-state index contributed by atoms with van der Waals surface area (Å²) in [6.45, 7) is 6.49. The molecule has 1 amide bonds. The number of thioether (sulfide) groups is 1. The molecule has 1 fully saturated rings. The molecule has 4 rings (SSSR count). The molecule has 0 atom stereocenters. The Morgan fingerprint density at radius 3 is 2.42 bits per heavy atom. The van der Waals surface area contributed by atoms with Gasteiger partial charge >= 0.3 is 0 Å². The molecule has 0 aliphatic carbocycles. The number of para-hydroxylation sites is 1. The number of anilines is 1. The van der Waals surface area contributed by atoms with Crippen LogP contribution in [-0.2, 0) is 4.79 Å². The molecule has 3 aromatic rings. The van der Waals surface area contributed by atoms with Crippen molar-refractivity contribution in [2.45, 2.75) is 20.8 Å². The summed E-state index contributed by atoms with van der Waals surface area (Å²) >= 11 is 1.35. The van der Waals surface area contributed by atoms with Crippen LogP contribution >= 0.6 is 11.8 Å². The van der Waals surface area contributed by atoms with Crippen LogP contribution in [0.1, 0.15) is 23.6 Å². The number of nitrogens with zero attached hydrogens (tertiary/aromatic N) is 2. The van der Waals surface area contributed by atoms with Gasteiger partial charge < -0.3 is 9.47 Å². The predicted molar refractivity (Wildman–Crippen MR) is 137 cm³/mol. The molecule has 0 N–H and O–H groups in total. The Hall–Kier alpha value is -3.51. The molecular formula is C27H26N2O3S. The monoisotopic (exact) mass is 458 g/mol. The van der Waals surface area contributed by atoms with E-state index in [1.165, 1.54) is 11.8 Å². The second-order valence-electron chi connectivity index (χ2n) is 7.64. The first-order chi connectivity index (χ1) is 16.0. The maximum atomic E-state index is 13.6. The molecule has 0 spiro atoms. The number of methoxy groups -OCH3 is 1. The lowest BCUT2D eigenvalue weighted by Gasteiger charge is -2.16. The van der Waals surface area contributed by atoms with Crippen LogP contribution in [0.25, 0.3) is 6.08 Å². The highest BCUT2D eigenvalue weighted by atomic mass is 32.2. The van der Waals surface area contributed by atoms with Crippen LogP contribution in [-0.4, -0.2) is 24.8 Å². The van der Waals surface area contributed by atoms with Gasteiger partial charge in [0.25, 0.3) is 5.91 Å². The molecule has 0 bridgehead atoms. The number of aliphatic imine (C=N–C) groups is 1. The van der Waals surface area contributed by atoms with Crippen LogP contribution < -0.4 is 14.4 Å². The SMILES string of the molecule is CCOc1cccc(/C=C2\SC(=Nc3cccc(C)c3)N(c3cccc(C)c3)C2=O)c1OC. The first kappa shape index (κ1) is 22.7. The second kappa shape index (κ2) is 9.96. The van der Waals surface area contributed by atoms with E-state index in [0.29, 0.717) is 28.2 Å². The van der Waals surface area contributed by atoms with Gasteiger partial charge in [-0.3, -0.25) is 9.69 Å². The second-order valence-corrected chi connectivity index (χ2v) is 8.64. The summed E-state index contributed by atoms with van der Waals surface area (Å²) in [5.74, 6) is 1.13. The minimum Gasteiger partial charge on any atom is -0.492 e. The summed E-state index contributed by atoms with van der Waals surface area (Å²) in [7, 11) is 1.60. The van der Waals surface area contributed by atoms with E-state index < -0.39 is 0 Å². The molecule has 0 saturated carbocycles. The summed E-state index contributed by atoms with van der Waals surface area (Å²) in [5, 5.41) is 0.613. The third-order valence-corrected chi connectivity index (χ3v) is 6.06. The Labute approximate surface area is 198 Å². The van der Waals surface area contributed by atoms with Gasteiger partial charge in [-0.25, -0.2) is 4.99 Å². The maximum Gasteiger partial charge on any atom is 0.271 e. The number of hydrogen-bond acceptors (Lipinski definition) is 5. The Balaban J connectivity index is 1.80. The Kier molecular flexibility index (Phi) is 6.84. The molecule has 6 heteroatoms. The third-order valence-electron chi connectivity index (χ3n) is 5.09. The topological polar surface area (TPSA) is 51.1 Å². The van der Waals surface area contributed by atoms with Gasteiger partial charge in [-0.05, 0) is 80.1 Å². The van der Waals surface area contributed by atoms with Crippen molar-refractivity contribution in [3.05, 3.63) is 88.3 Å². The maximum absolute atomic E-state index is 13.6. The fourth-order valence-corrected chi connectivity index (χ4v) is 4.62. The van der Waals surface area contributed by atoms with Crippen molar-refractivity contribution in [3.63, 3.8) is 0 Å². The van der Waals surface area contributed by atoms with E-state index in [2.05, 4.69) is 0 Å². The van der Waals surface area contributed by atoms with Crippen molar-refractivity contribution in [3.8, 4) is 11.5 Å². The summed E-state index contributed by atoms with van der Waals surface area (Å²) in [4.78, 5) is 20.6. The number of amidine groups is 1. The van der Waals surface area contributed by atoms with Crippen LogP contribution in [0.15, 0.2) is 76.6 Å². The number of aryl methyl sites for hydroxylation is 2. The summed E-state index contributed by atoms with van der Waals surface area (Å²) in [5.41, 5.74) is 4.56. The van der Waals surface area contributed by atoms with Gasteiger partial charge in [0.2, 0.25) is 0 Å². The van der Waals surface area contributed by atoms with Crippen molar-refractivity contribution in [1.29, 1.82) is 0 Å². The zero-order chi connectivity index (χ0) is 23.4. The first-order valence-electron chi connectivity index (χ1n) is 10.8. The normalized spacial score (nSPS) is 16.0. The lowest BCUT2D eigenvalue weighted by molar-refractivity contribution is -0.113. The van der Waals surface area contributed by atoms with E-state index in [4.69, 9.17) is 14.5 Å². The minimum atomic E-state index is -0.124. The van der Waals surface area contributed by atoms with Gasteiger partial charge in [0.1, 0.15) is 0 Å². The summed E-state index contributed by atoms with van der Waals surface area (Å²) < 4.78 is 11.3. The fraction of sp³-hybridized carbons (Fsp3) is 0.185. The van der Waals surface area contributed by atoms with Gasteiger partial charge in [0, 0.05) is 5.56 Å². The minimum absolute atomic E-state index is 0.124. The van der Waals surface area contributed by atoms with E-state index in [1.807, 2.05) is 93.6 Å². The highest BCUT2D eigenvalue weighted by molar-refractivity contribution is 8.19. The number of rotatable bonds is 6. The molecule has 3 aromatic carbocycles. The molecular weight excluding hydrogens is 432 g/mol. The van der Waals surface area contributed by atoms with Crippen molar-refractivity contribution in [2.24, 2.45) is 4.99 Å². The lowest BCUT2D eigenvalue weighted by Crippen LogP contribution is -2.28. The van der Waals surface area contributed by atoms with Crippen molar-refractivity contribution in [2.75, 3.05) is 18.6 Å². The standard InChI is InChI=1S/C27H26N2O3S/c1-5-32-23-14-8-11-20(25(23)31-4)17-24-26(30)29(22-13-7-10-19(3)16-22)27(33-24)28-21-12-6-9-18(2)15-21/h6-17H,5H2,1-4H3/b24-17-,28-27?. The smallest absolute Gasteiger partial charge is 0.271 e. The molecule has 168 valence electrons. The zero-order valence-electron chi connectivity index (χ0n) is 19.2. The highest BCUT2D eigenvalue weighted by Gasteiger charge is 2.35. The largest absolute Gasteiger partial charge is 0.492 e. The number of amides is 1. The van der Waals surface area contributed by atoms with Crippen LogP contribution in [0.3, 0.4) is 0 Å². The van der Waals surface area contributed by atoms with Crippen LogP contribution in [0, 0.1) is 13.8 Å². The molecule has 1 aliphatic rings. The van der Waals surface area contributed by atoms with E-state index in [0.717, 1.165) is 28.1 Å².